The fourth-order valence-corrected chi connectivity index (χ4v) is 2.95. The van der Waals surface area contributed by atoms with Crippen LogP contribution in [-0.2, 0) is 9.59 Å². The molecule has 3 N–H and O–H groups in total. The Bertz CT molecular complexity index is 404. The smallest absolute Gasteiger partial charge is 0.471 e. The molecule has 0 aliphatic heterocycles. The van der Waals surface area contributed by atoms with E-state index in [1.807, 2.05) is 0 Å². The highest BCUT2D eigenvalue weighted by molar-refractivity contribution is 5.91. The van der Waals surface area contributed by atoms with Crippen molar-refractivity contribution in [3.8, 4) is 0 Å². The largest absolute Gasteiger partial charge is 0.479 e. The van der Waals surface area contributed by atoms with Gasteiger partial charge in [-0.15, -0.1) is 0 Å². The Morgan fingerprint density at radius 3 is 2.11 bits per heavy atom. The molecule has 2 atom stereocenters. The minimum atomic E-state index is -5.13. The van der Waals surface area contributed by atoms with Crippen molar-refractivity contribution in [2.75, 3.05) is 0 Å². The molecule has 2 aliphatic carbocycles. The number of carbonyl (C=O) groups is 2. The number of hydrogen-bond acceptors (Lipinski definition) is 3. The second-order valence-electron chi connectivity index (χ2n) is 4.89. The summed E-state index contributed by atoms with van der Waals surface area (Å²) < 4.78 is 36.6. The minimum Gasteiger partial charge on any atom is -0.479 e. The van der Waals surface area contributed by atoms with Crippen LogP contribution in [-0.4, -0.2) is 39.9 Å². The van der Waals surface area contributed by atoms with Gasteiger partial charge in [0.25, 0.3) is 0 Å². The average Bonchev–Trinajstić information content (AvgIpc) is 2.11. The highest BCUT2D eigenvalue weighted by atomic mass is 19.4. The molecule has 2 fully saturated rings. The fraction of sp³-hybridized carbons (Fsp3) is 0.800. The number of carbonyl (C=O) groups excluding carboxylic acids is 1. The van der Waals surface area contributed by atoms with Crippen LogP contribution in [0.1, 0.15) is 25.7 Å². The minimum absolute atomic E-state index is 0.304. The maximum absolute atomic E-state index is 12.2. The Balaban J connectivity index is 2.25. The first kappa shape index (κ1) is 13.1. The summed E-state index contributed by atoms with van der Waals surface area (Å²) >= 11 is 0. The molecule has 0 aromatic heterocycles. The zero-order valence-electron chi connectivity index (χ0n) is 9.25. The summed E-state index contributed by atoms with van der Waals surface area (Å²) in [7, 11) is 0. The molecule has 0 aromatic carbocycles. The summed E-state index contributed by atoms with van der Waals surface area (Å²) in [4.78, 5) is 22.2. The maximum Gasteiger partial charge on any atom is 0.471 e. The molecule has 8 heteroatoms. The topological polar surface area (TPSA) is 86.6 Å². The predicted molar refractivity (Wildman–Crippen MR) is 51.5 cm³/mol. The molecule has 102 valence electrons. The fourth-order valence-electron chi connectivity index (χ4n) is 2.95. The van der Waals surface area contributed by atoms with Crippen molar-refractivity contribution in [3.05, 3.63) is 0 Å². The van der Waals surface area contributed by atoms with Crippen LogP contribution in [0.5, 0.6) is 0 Å². The van der Waals surface area contributed by atoms with E-state index in [0.29, 0.717) is 19.3 Å². The Kier molecular flexibility index (Phi) is 2.62. The van der Waals surface area contributed by atoms with Crippen LogP contribution in [0.2, 0.25) is 0 Å². The van der Waals surface area contributed by atoms with Crippen LogP contribution >= 0.6 is 0 Å². The lowest BCUT2D eigenvalue weighted by atomic mass is 9.43. The molecule has 5 nitrogen and oxygen atoms in total. The molecular weight excluding hydrogens is 255 g/mol. The number of hydrogen-bond donors (Lipinski definition) is 3. The monoisotopic (exact) mass is 267 g/mol. The zero-order valence-corrected chi connectivity index (χ0v) is 9.25. The van der Waals surface area contributed by atoms with E-state index < -0.39 is 35.1 Å². The third-order valence-electron chi connectivity index (χ3n) is 4.18. The van der Waals surface area contributed by atoms with Gasteiger partial charge >= 0.3 is 18.1 Å². The lowest BCUT2D eigenvalue weighted by Gasteiger charge is -2.64. The summed E-state index contributed by atoms with van der Waals surface area (Å²) in [5.41, 5.74) is -3.13. The van der Waals surface area contributed by atoms with Crippen molar-refractivity contribution in [2.24, 2.45) is 5.41 Å². The van der Waals surface area contributed by atoms with Crippen molar-refractivity contribution in [2.45, 2.75) is 43.5 Å². The predicted octanol–water partition coefficient (Wildman–Crippen LogP) is 0.423. The van der Waals surface area contributed by atoms with Crippen molar-refractivity contribution in [1.29, 1.82) is 0 Å². The Morgan fingerprint density at radius 2 is 1.83 bits per heavy atom. The molecule has 0 radical (unpaired) electrons. The summed E-state index contributed by atoms with van der Waals surface area (Å²) in [5, 5.41) is 20.3. The molecule has 2 saturated carbocycles. The number of rotatable bonds is 2. The van der Waals surface area contributed by atoms with Gasteiger partial charge in [0.15, 0.2) is 0 Å². The van der Waals surface area contributed by atoms with Gasteiger partial charge in [-0.2, -0.15) is 13.2 Å². The van der Waals surface area contributed by atoms with Gasteiger partial charge in [0, 0.05) is 11.8 Å². The normalized spacial score (nSPS) is 33.4. The number of nitrogens with one attached hydrogen (secondary N) is 1. The van der Waals surface area contributed by atoms with E-state index >= 15 is 0 Å². The Morgan fingerprint density at radius 1 is 1.28 bits per heavy atom. The number of aliphatic hydroxyl groups excluding tert-OH is 1. The summed E-state index contributed by atoms with van der Waals surface area (Å²) in [6, 6.07) is 0. The van der Waals surface area contributed by atoms with Gasteiger partial charge in [-0.25, -0.2) is 4.79 Å². The maximum atomic E-state index is 12.2. The molecule has 0 heterocycles. The molecule has 0 saturated heterocycles. The highest BCUT2D eigenvalue weighted by Gasteiger charge is 2.73. The molecule has 1 spiro atoms. The number of aliphatic hydroxyl groups is 1. The second kappa shape index (κ2) is 3.59. The molecule has 0 bridgehead atoms. The van der Waals surface area contributed by atoms with Gasteiger partial charge in [-0.3, -0.25) is 4.79 Å². The third kappa shape index (κ3) is 1.44. The van der Waals surface area contributed by atoms with E-state index in [0.717, 1.165) is 0 Å². The van der Waals surface area contributed by atoms with Gasteiger partial charge < -0.3 is 15.5 Å². The first-order valence-electron chi connectivity index (χ1n) is 5.46. The number of carboxylic acids is 1. The van der Waals surface area contributed by atoms with Gasteiger partial charge in [0.2, 0.25) is 0 Å². The average molecular weight is 267 g/mol. The van der Waals surface area contributed by atoms with Gasteiger partial charge in [0.05, 0.1) is 6.10 Å². The number of amides is 1. The van der Waals surface area contributed by atoms with E-state index in [1.165, 1.54) is 0 Å². The first-order chi connectivity index (χ1) is 8.16. The van der Waals surface area contributed by atoms with Crippen molar-refractivity contribution in [1.82, 2.24) is 5.32 Å². The van der Waals surface area contributed by atoms with Crippen molar-refractivity contribution < 1.29 is 33.0 Å². The van der Waals surface area contributed by atoms with Gasteiger partial charge in [-0.1, -0.05) is 6.42 Å². The third-order valence-corrected chi connectivity index (χ3v) is 4.18. The quantitative estimate of drug-likeness (QED) is 0.677. The van der Waals surface area contributed by atoms with Crippen LogP contribution in [0.4, 0.5) is 13.2 Å². The van der Waals surface area contributed by atoms with Gasteiger partial charge in [-0.05, 0) is 12.8 Å². The molecule has 1 amide bonds. The Labute approximate surface area is 100.0 Å². The van der Waals surface area contributed by atoms with Crippen LogP contribution in [0.3, 0.4) is 0 Å². The molecule has 2 aliphatic rings. The van der Waals surface area contributed by atoms with E-state index in [4.69, 9.17) is 5.11 Å². The molecular formula is C10H12F3NO4. The summed E-state index contributed by atoms with van der Waals surface area (Å²) in [5.74, 6) is -3.80. The van der Waals surface area contributed by atoms with Crippen LogP contribution in [0, 0.1) is 5.41 Å². The van der Waals surface area contributed by atoms with Crippen molar-refractivity contribution >= 4 is 11.9 Å². The molecule has 0 unspecified atom stereocenters. The number of carboxylic acid groups (broad SMARTS) is 1. The van der Waals surface area contributed by atoms with E-state index in [9.17, 15) is 27.9 Å². The lowest BCUT2D eigenvalue weighted by Crippen LogP contribution is -2.80. The van der Waals surface area contributed by atoms with Crippen LogP contribution in [0.15, 0.2) is 0 Å². The van der Waals surface area contributed by atoms with E-state index in [2.05, 4.69) is 0 Å². The van der Waals surface area contributed by atoms with Crippen LogP contribution < -0.4 is 5.32 Å². The standard InChI is InChI=1S/C10H12F3NO4/c11-10(12,13)6(16)14-9(7(17)18)4-5(15)8(9)2-1-3-8/h5,15H,1-4H2,(H,14,16)(H,17,18)/t5-,9+/m0/s1. The SMILES string of the molecule is O=C(N[C@@]1(C(=O)O)C[C@H](O)C12CCC2)C(F)(F)F. The summed E-state index contributed by atoms with van der Waals surface area (Å²) in [6.45, 7) is 0. The van der Waals surface area contributed by atoms with Crippen LogP contribution in [0.25, 0.3) is 0 Å². The number of aliphatic carboxylic acids is 1. The molecule has 18 heavy (non-hydrogen) atoms. The van der Waals surface area contributed by atoms with Gasteiger partial charge in [0.1, 0.15) is 5.54 Å². The van der Waals surface area contributed by atoms with Crippen molar-refractivity contribution in [3.63, 3.8) is 0 Å². The summed E-state index contributed by atoms with van der Waals surface area (Å²) in [6.07, 6.45) is -5.25. The zero-order chi connectivity index (χ0) is 13.8. The molecule has 0 aromatic rings. The highest BCUT2D eigenvalue weighted by Crippen LogP contribution is 2.62. The van der Waals surface area contributed by atoms with E-state index in [-0.39, 0.29) is 6.42 Å². The lowest BCUT2D eigenvalue weighted by molar-refractivity contribution is -0.222. The van der Waals surface area contributed by atoms with E-state index in [1.54, 1.807) is 5.32 Å². The second-order valence-corrected chi connectivity index (χ2v) is 4.89. The molecule has 2 rings (SSSR count). The number of halogens is 3. The number of alkyl halides is 3. The first-order valence-corrected chi connectivity index (χ1v) is 5.46. The Hall–Kier alpha value is -1.31.